The smallest absolute Gasteiger partial charge is 0.270 e. The van der Waals surface area contributed by atoms with Crippen LogP contribution < -0.4 is 10.2 Å². The lowest BCUT2D eigenvalue weighted by molar-refractivity contribution is -0.384. The summed E-state index contributed by atoms with van der Waals surface area (Å²) in [5, 5.41) is 15.5. The van der Waals surface area contributed by atoms with Gasteiger partial charge in [-0.3, -0.25) is 19.8 Å². The molecule has 8 nitrogen and oxygen atoms in total. The molecular formula is C23H24ClN5O3S. The van der Waals surface area contributed by atoms with E-state index >= 15 is 0 Å². The molecule has 1 aliphatic heterocycles. The van der Waals surface area contributed by atoms with Gasteiger partial charge in [-0.15, -0.1) is 0 Å². The number of carbonyl (C=O) groups is 1. The Morgan fingerprint density at radius 1 is 1.27 bits per heavy atom. The summed E-state index contributed by atoms with van der Waals surface area (Å²) in [4.78, 5) is 31.9. The number of fused-ring (bicyclic) bond motifs is 1. The van der Waals surface area contributed by atoms with Gasteiger partial charge in [0.15, 0.2) is 5.13 Å². The van der Waals surface area contributed by atoms with Crippen LogP contribution in [0.4, 0.5) is 10.8 Å². The summed E-state index contributed by atoms with van der Waals surface area (Å²) in [7, 11) is 0. The van der Waals surface area contributed by atoms with Crippen LogP contribution in [0.2, 0.25) is 5.02 Å². The van der Waals surface area contributed by atoms with E-state index in [1.165, 1.54) is 18.2 Å². The fourth-order valence-corrected chi connectivity index (χ4v) is 5.07. The Hall–Kier alpha value is -3.01. The maximum atomic E-state index is 12.1. The quantitative estimate of drug-likeness (QED) is 0.307. The molecule has 0 saturated carbocycles. The molecule has 1 fully saturated rings. The van der Waals surface area contributed by atoms with Gasteiger partial charge in [0, 0.05) is 57.5 Å². The Kier molecular flexibility index (Phi) is 7.22. The van der Waals surface area contributed by atoms with Crippen LogP contribution in [0.3, 0.4) is 0 Å². The third-order valence-corrected chi connectivity index (χ3v) is 7.14. The van der Waals surface area contributed by atoms with E-state index in [1.54, 1.807) is 29.5 Å². The maximum Gasteiger partial charge on any atom is 0.270 e. The van der Waals surface area contributed by atoms with Crippen LogP contribution in [0.15, 0.2) is 42.5 Å². The summed E-state index contributed by atoms with van der Waals surface area (Å²) < 4.78 is 1.04. The number of non-ortho nitro benzene ring substituents is 1. The van der Waals surface area contributed by atoms with Crippen LogP contribution in [0.25, 0.3) is 16.3 Å². The highest BCUT2D eigenvalue weighted by Crippen LogP contribution is 2.35. The largest absolute Gasteiger partial charge is 0.351 e. The monoisotopic (exact) mass is 485 g/mol. The first-order valence-corrected chi connectivity index (χ1v) is 11.8. The highest BCUT2D eigenvalue weighted by molar-refractivity contribution is 7.22. The number of amides is 1. The van der Waals surface area contributed by atoms with Gasteiger partial charge in [-0.05, 0) is 30.2 Å². The predicted octanol–water partition coefficient (Wildman–Crippen LogP) is 4.12. The Morgan fingerprint density at radius 3 is 2.79 bits per heavy atom. The number of hydrogen-bond acceptors (Lipinski definition) is 7. The topological polar surface area (TPSA) is 91.6 Å². The molecule has 0 aliphatic carbocycles. The predicted molar refractivity (Wildman–Crippen MR) is 133 cm³/mol. The number of aryl methyl sites for hydroxylation is 1. The summed E-state index contributed by atoms with van der Waals surface area (Å²) in [6.45, 7) is 6.87. The van der Waals surface area contributed by atoms with Crippen LogP contribution in [-0.2, 0) is 4.79 Å². The number of nitrogens with zero attached hydrogens (tertiary/aromatic N) is 4. The van der Waals surface area contributed by atoms with Crippen LogP contribution in [0.5, 0.6) is 0 Å². The second kappa shape index (κ2) is 10.3. The molecule has 0 spiro atoms. The van der Waals surface area contributed by atoms with Crippen LogP contribution >= 0.6 is 22.9 Å². The zero-order valence-corrected chi connectivity index (χ0v) is 19.7. The van der Waals surface area contributed by atoms with Gasteiger partial charge >= 0.3 is 0 Å². The molecule has 2 aromatic carbocycles. The number of rotatable bonds is 7. The second-order valence-electron chi connectivity index (χ2n) is 7.84. The summed E-state index contributed by atoms with van der Waals surface area (Å²) in [6, 6.07) is 10.1. The molecule has 0 radical (unpaired) electrons. The lowest BCUT2D eigenvalue weighted by Crippen LogP contribution is -2.48. The van der Waals surface area contributed by atoms with Crippen molar-refractivity contribution in [3.05, 3.63) is 68.7 Å². The summed E-state index contributed by atoms with van der Waals surface area (Å²) in [6.07, 6.45) is 2.98. The number of piperazine rings is 1. The number of nitro benzene ring substituents is 1. The SMILES string of the molecule is Cc1ccc(Cl)c2sc(N3CCN(CCNC(=O)/C=C/c4cccc([N+](=O)[O-])c4)CC3)nc12. The van der Waals surface area contributed by atoms with E-state index < -0.39 is 4.92 Å². The van der Waals surface area contributed by atoms with Gasteiger partial charge in [-0.2, -0.15) is 0 Å². The lowest BCUT2D eigenvalue weighted by atomic mass is 10.2. The summed E-state index contributed by atoms with van der Waals surface area (Å²) in [5.74, 6) is -0.220. The van der Waals surface area contributed by atoms with E-state index in [0.29, 0.717) is 12.1 Å². The number of carbonyl (C=O) groups excluding carboxylic acids is 1. The molecule has 1 aromatic heterocycles. The van der Waals surface area contributed by atoms with Crippen LogP contribution in [0.1, 0.15) is 11.1 Å². The van der Waals surface area contributed by atoms with Gasteiger partial charge in [0.25, 0.3) is 5.69 Å². The molecular weight excluding hydrogens is 462 g/mol. The molecule has 2 heterocycles. The minimum Gasteiger partial charge on any atom is -0.351 e. The number of hydrogen-bond donors (Lipinski definition) is 1. The molecule has 0 atom stereocenters. The average molecular weight is 486 g/mol. The first kappa shape index (κ1) is 23.2. The second-order valence-corrected chi connectivity index (χ2v) is 9.23. The van der Waals surface area contributed by atoms with Gasteiger partial charge < -0.3 is 10.2 Å². The fraction of sp³-hybridized carbons (Fsp3) is 0.304. The molecule has 0 bridgehead atoms. The summed E-state index contributed by atoms with van der Waals surface area (Å²) in [5.41, 5.74) is 2.72. The number of anilines is 1. The third-order valence-electron chi connectivity index (χ3n) is 5.56. The van der Waals surface area contributed by atoms with Gasteiger partial charge in [-0.1, -0.05) is 41.1 Å². The fourth-order valence-electron chi connectivity index (χ4n) is 3.70. The van der Waals surface area contributed by atoms with Gasteiger partial charge in [0.05, 0.1) is 20.2 Å². The number of aromatic nitrogens is 1. The van der Waals surface area contributed by atoms with Crippen molar-refractivity contribution >= 4 is 56.0 Å². The molecule has 4 rings (SSSR count). The number of nitro groups is 1. The number of thiazole rings is 1. The third kappa shape index (κ3) is 5.68. The number of halogens is 1. The Morgan fingerprint density at radius 2 is 2.06 bits per heavy atom. The number of nitrogens with one attached hydrogen (secondary N) is 1. The van der Waals surface area contributed by atoms with E-state index in [2.05, 4.69) is 15.1 Å². The van der Waals surface area contributed by atoms with Crippen molar-refractivity contribution in [2.75, 3.05) is 44.2 Å². The van der Waals surface area contributed by atoms with Crippen LogP contribution in [-0.4, -0.2) is 60.0 Å². The van der Waals surface area contributed by atoms with E-state index in [4.69, 9.17) is 16.6 Å². The molecule has 1 saturated heterocycles. The van der Waals surface area contributed by atoms with Crippen molar-refractivity contribution in [2.24, 2.45) is 0 Å². The molecule has 1 N–H and O–H groups in total. The average Bonchev–Trinajstić information content (AvgIpc) is 3.28. The van der Waals surface area contributed by atoms with E-state index in [9.17, 15) is 14.9 Å². The van der Waals surface area contributed by atoms with Crippen molar-refractivity contribution in [3.8, 4) is 0 Å². The Balaban J connectivity index is 1.23. The Bertz CT molecular complexity index is 1170. The van der Waals surface area contributed by atoms with Crippen molar-refractivity contribution in [2.45, 2.75) is 6.92 Å². The highest BCUT2D eigenvalue weighted by atomic mass is 35.5. The summed E-state index contributed by atoms with van der Waals surface area (Å²) >= 11 is 7.98. The molecule has 1 aliphatic rings. The normalized spacial score (nSPS) is 14.8. The van der Waals surface area contributed by atoms with Gasteiger partial charge in [-0.25, -0.2) is 4.98 Å². The van der Waals surface area contributed by atoms with Crippen molar-refractivity contribution in [1.29, 1.82) is 0 Å². The van der Waals surface area contributed by atoms with Crippen molar-refractivity contribution in [1.82, 2.24) is 15.2 Å². The zero-order valence-electron chi connectivity index (χ0n) is 18.2. The zero-order chi connectivity index (χ0) is 23.4. The molecule has 10 heteroatoms. The highest BCUT2D eigenvalue weighted by Gasteiger charge is 2.20. The Labute approximate surface area is 200 Å². The van der Waals surface area contributed by atoms with Crippen LogP contribution in [0, 0.1) is 17.0 Å². The van der Waals surface area contributed by atoms with Gasteiger partial charge in [0.2, 0.25) is 5.91 Å². The van der Waals surface area contributed by atoms with Crippen molar-refractivity contribution < 1.29 is 9.72 Å². The minimum absolute atomic E-state index is 0.000722. The molecule has 33 heavy (non-hydrogen) atoms. The molecule has 0 unspecified atom stereocenters. The van der Waals surface area contributed by atoms with E-state index in [0.717, 1.165) is 58.7 Å². The van der Waals surface area contributed by atoms with E-state index in [1.807, 2.05) is 19.1 Å². The molecule has 3 aromatic rings. The van der Waals surface area contributed by atoms with Gasteiger partial charge in [0.1, 0.15) is 0 Å². The lowest BCUT2D eigenvalue weighted by Gasteiger charge is -2.34. The van der Waals surface area contributed by atoms with E-state index in [-0.39, 0.29) is 11.6 Å². The first-order chi connectivity index (χ1) is 15.9. The maximum absolute atomic E-state index is 12.1. The molecule has 1 amide bonds. The van der Waals surface area contributed by atoms with Crippen molar-refractivity contribution in [3.63, 3.8) is 0 Å². The minimum atomic E-state index is -0.454. The molecule has 172 valence electrons. The first-order valence-electron chi connectivity index (χ1n) is 10.6. The number of benzene rings is 2. The standard InChI is InChI=1S/C23H24ClN5O3S/c1-16-5-7-19(24)22-21(16)26-23(33-22)28-13-11-27(12-14-28)10-9-25-20(30)8-6-17-3-2-4-18(15-17)29(31)32/h2-8,15H,9-14H2,1H3,(H,25,30)/b8-6+.